The van der Waals surface area contributed by atoms with E-state index in [1.165, 1.54) is 16.4 Å². The van der Waals surface area contributed by atoms with Gasteiger partial charge in [-0.3, -0.25) is 4.68 Å². The molecule has 0 bridgehead atoms. The zero-order valence-corrected chi connectivity index (χ0v) is 14.8. The second kappa shape index (κ2) is 6.55. The molecule has 1 aliphatic heterocycles. The molecule has 1 atom stereocenters. The molecule has 140 valence electrons. The second-order valence-electron chi connectivity index (χ2n) is 7.15. The zero-order valence-electron chi connectivity index (χ0n) is 14.8. The van der Waals surface area contributed by atoms with Gasteiger partial charge in [-0.15, -0.1) is 0 Å². The average molecular weight is 365 g/mol. The van der Waals surface area contributed by atoms with Crippen LogP contribution in [-0.4, -0.2) is 32.8 Å². The maximum Gasteiger partial charge on any atom is 0.435 e. The molecule has 1 unspecified atom stereocenters. The summed E-state index contributed by atoms with van der Waals surface area (Å²) in [6.45, 7) is 3.40. The highest BCUT2D eigenvalue weighted by molar-refractivity contribution is 5.50. The Balaban J connectivity index is 1.60. The van der Waals surface area contributed by atoms with Crippen LogP contribution in [0.4, 0.5) is 19.0 Å². The van der Waals surface area contributed by atoms with Gasteiger partial charge in [0.25, 0.3) is 0 Å². The largest absolute Gasteiger partial charge is 0.435 e. The van der Waals surface area contributed by atoms with E-state index < -0.39 is 11.9 Å². The lowest BCUT2D eigenvalue weighted by atomic mass is 9.95. The summed E-state index contributed by atoms with van der Waals surface area (Å²) in [6.07, 6.45) is 3.02. The van der Waals surface area contributed by atoms with Crippen molar-refractivity contribution in [3.63, 3.8) is 0 Å². The number of nitrogens with zero attached hydrogens (tertiary/aromatic N) is 5. The monoisotopic (exact) mass is 365 g/mol. The standard InChI is InChI=1S/C18H22F3N5/c1-12-22-15-7-3-2-6-14(15)17(23-12)25-9-4-5-13(11-25)26-10-8-16(24-26)18(19,20)21/h8,10,13H,2-7,9,11H2,1H3. The van der Waals surface area contributed by atoms with Crippen molar-refractivity contribution in [1.29, 1.82) is 0 Å². The van der Waals surface area contributed by atoms with Gasteiger partial charge in [-0.25, -0.2) is 9.97 Å². The highest BCUT2D eigenvalue weighted by Crippen LogP contribution is 2.33. The molecule has 0 amide bonds. The summed E-state index contributed by atoms with van der Waals surface area (Å²) < 4.78 is 40.0. The van der Waals surface area contributed by atoms with Crippen LogP contribution in [0.25, 0.3) is 0 Å². The van der Waals surface area contributed by atoms with Gasteiger partial charge in [0.15, 0.2) is 5.69 Å². The number of aryl methyl sites for hydroxylation is 2. The molecule has 2 aromatic rings. The second-order valence-corrected chi connectivity index (χ2v) is 7.15. The van der Waals surface area contributed by atoms with Gasteiger partial charge in [-0.2, -0.15) is 18.3 Å². The van der Waals surface area contributed by atoms with Crippen LogP contribution in [0.5, 0.6) is 0 Å². The van der Waals surface area contributed by atoms with Gasteiger partial charge < -0.3 is 4.90 Å². The van der Waals surface area contributed by atoms with Gasteiger partial charge in [0, 0.05) is 30.5 Å². The molecule has 26 heavy (non-hydrogen) atoms. The lowest BCUT2D eigenvalue weighted by molar-refractivity contribution is -0.141. The van der Waals surface area contributed by atoms with E-state index in [2.05, 4.69) is 20.0 Å². The maximum absolute atomic E-state index is 12.8. The Bertz CT molecular complexity index is 799. The van der Waals surface area contributed by atoms with Crippen molar-refractivity contribution in [2.75, 3.05) is 18.0 Å². The minimum atomic E-state index is -4.40. The van der Waals surface area contributed by atoms with Crippen molar-refractivity contribution >= 4 is 5.82 Å². The Labute approximate surface area is 150 Å². The van der Waals surface area contributed by atoms with E-state index in [4.69, 9.17) is 0 Å². The third-order valence-electron chi connectivity index (χ3n) is 5.24. The summed E-state index contributed by atoms with van der Waals surface area (Å²) in [6, 6.07) is 0.977. The van der Waals surface area contributed by atoms with Gasteiger partial charge in [0.1, 0.15) is 11.6 Å². The summed E-state index contributed by atoms with van der Waals surface area (Å²) in [5.41, 5.74) is 1.53. The highest BCUT2D eigenvalue weighted by atomic mass is 19.4. The Hall–Kier alpha value is -2.12. The minimum absolute atomic E-state index is 0.0747. The molecule has 8 heteroatoms. The third kappa shape index (κ3) is 3.29. The summed E-state index contributed by atoms with van der Waals surface area (Å²) in [4.78, 5) is 11.5. The van der Waals surface area contributed by atoms with E-state index in [1.807, 2.05) is 6.92 Å². The normalized spacial score (nSPS) is 20.9. The number of rotatable bonds is 2. The van der Waals surface area contributed by atoms with E-state index in [-0.39, 0.29) is 6.04 Å². The van der Waals surface area contributed by atoms with Crippen LogP contribution in [0.15, 0.2) is 12.3 Å². The number of piperidine rings is 1. The van der Waals surface area contributed by atoms with E-state index in [1.54, 1.807) is 0 Å². The van der Waals surface area contributed by atoms with Gasteiger partial charge in [-0.1, -0.05) is 0 Å². The number of hydrogen-bond acceptors (Lipinski definition) is 4. The van der Waals surface area contributed by atoms with Crippen LogP contribution in [0, 0.1) is 6.92 Å². The molecule has 0 N–H and O–H groups in total. The summed E-state index contributed by atoms with van der Waals surface area (Å²) in [5, 5.41) is 3.77. The van der Waals surface area contributed by atoms with Crippen molar-refractivity contribution in [2.24, 2.45) is 0 Å². The summed E-state index contributed by atoms with van der Waals surface area (Å²) in [5.74, 6) is 1.74. The quantitative estimate of drug-likeness (QED) is 0.814. The SMILES string of the molecule is Cc1nc2c(c(N3CCCC(n4ccc(C(F)(F)F)n4)C3)n1)CCCC2. The van der Waals surface area contributed by atoms with Gasteiger partial charge in [0.05, 0.1) is 6.04 Å². The third-order valence-corrected chi connectivity index (χ3v) is 5.24. The van der Waals surface area contributed by atoms with Crippen molar-refractivity contribution in [1.82, 2.24) is 19.7 Å². The topological polar surface area (TPSA) is 46.8 Å². The van der Waals surface area contributed by atoms with E-state index in [0.29, 0.717) is 6.54 Å². The number of halogens is 3. The molecule has 0 saturated carbocycles. The number of anilines is 1. The summed E-state index contributed by atoms with van der Waals surface area (Å²) in [7, 11) is 0. The lowest BCUT2D eigenvalue weighted by Crippen LogP contribution is -2.38. The Morgan fingerprint density at radius 1 is 1.12 bits per heavy atom. The van der Waals surface area contributed by atoms with Crippen molar-refractivity contribution < 1.29 is 13.2 Å². The molecule has 0 spiro atoms. The summed E-state index contributed by atoms with van der Waals surface area (Å²) >= 11 is 0. The van der Waals surface area contributed by atoms with Crippen LogP contribution in [0.2, 0.25) is 0 Å². The average Bonchev–Trinajstić information content (AvgIpc) is 3.12. The van der Waals surface area contributed by atoms with E-state index in [9.17, 15) is 13.2 Å². The Morgan fingerprint density at radius 3 is 2.69 bits per heavy atom. The van der Waals surface area contributed by atoms with Gasteiger partial charge in [-0.05, 0) is 51.5 Å². The molecule has 0 aromatic carbocycles. The van der Waals surface area contributed by atoms with Crippen LogP contribution in [0.3, 0.4) is 0 Å². The van der Waals surface area contributed by atoms with Crippen LogP contribution < -0.4 is 4.90 Å². The van der Waals surface area contributed by atoms with Crippen LogP contribution in [-0.2, 0) is 19.0 Å². The smallest absolute Gasteiger partial charge is 0.354 e. The highest BCUT2D eigenvalue weighted by Gasteiger charge is 2.35. The van der Waals surface area contributed by atoms with Crippen LogP contribution >= 0.6 is 0 Å². The molecule has 1 fully saturated rings. The maximum atomic E-state index is 12.8. The first-order valence-corrected chi connectivity index (χ1v) is 9.15. The number of hydrogen-bond donors (Lipinski definition) is 0. The molecule has 3 heterocycles. The van der Waals surface area contributed by atoms with Crippen LogP contribution in [0.1, 0.15) is 54.5 Å². The minimum Gasteiger partial charge on any atom is -0.354 e. The molecule has 5 nitrogen and oxygen atoms in total. The molecule has 4 rings (SSSR count). The lowest BCUT2D eigenvalue weighted by Gasteiger charge is -2.35. The molecular weight excluding hydrogens is 343 g/mol. The number of fused-ring (bicyclic) bond motifs is 1. The van der Waals surface area contributed by atoms with Crippen molar-refractivity contribution in [3.8, 4) is 0 Å². The number of alkyl halides is 3. The fourth-order valence-corrected chi connectivity index (χ4v) is 4.01. The fourth-order valence-electron chi connectivity index (χ4n) is 4.01. The molecule has 2 aromatic heterocycles. The predicted molar refractivity (Wildman–Crippen MR) is 91.1 cm³/mol. The molecule has 2 aliphatic rings. The van der Waals surface area contributed by atoms with Crippen molar-refractivity contribution in [2.45, 2.75) is 57.7 Å². The first kappa shape index (κ1) is 17.3. The zero-order chi connectivity index (χ0) is 18.3. The van der Waals surface area contributed by atoms with E-state index in [0.717, 1.165) is 68.5 Å². The van der Waals surface area contributed by atoms with Crippen molar-refractivity contribution in [3.05, 3.63) is 35.0 Å². The fraction of sp³-hybridized carbons (Fsp3) is 0.611. The Kier molecular flexibility index (Phi) is 4.36. The molecule has 1 aliphatic carbocycles. The first-order chi connectivity index (χ1) is 12.4. The Morgan fingerprint density at radius 2 is 1.92 bits per heavy atom. The van der Waals surface area contributed by atoms with Gasteiger partial charge >= 0.3 is 6.18 Å². The molecule has 0 radical (unpaired) electrons. The number of aromatic nitrogens is 4. The molecular formula is C18H22F3N5. The predicted octanol–water partition coefficient (Wildman–Crippen LogP) is 3.72. The molecule has 1 saturated heterocycles. The first-order valence-electron chi connectivity index (χ1n) is 9.15. The van der Waals surface area contributed by atoms with E-state index >= 15 is 0 Å². The van der Waals surface area contributed by atoms with Gasteiger partial charge in [0.2, 0.25) is 0 Å².